The molecule has 0 unspecified atom stereocenters. The van der Waals surface area contributed by atoms with Crippen LogP contribution >= 0.6 is 0 Å². The molecule has 1 heterocycles. The van der Waals surface area contributed by atoms with Crippen molar-refractivity contribution in [3.8, 4) is 0 Å². The van der Waals surface area contributed by atoms with Gasteiger partial charge < -0.3 is 0 Å². The minimum atomic E-state index is -3.61. The fourth-order valence-corrected chi connectivity index (χ4v) is 5.90. The van der Waals surface area contributed by atoms with Crippen molar-refractivity contribution in [3.63, 3.8) is 0 Å². The Kier molecular flexibility index (Phi) is 5.71. The summed E-state index contributed by atoms with van der Waals surface area (Å²) in [6.45, 7) is 4.47. The molecule has 1 aliphatic rings. The first kappa shape index (κ1) is 20.0. The molecule has 0 aromatic heterocycles. The predicted octanol–water partition coefficient (Wildman–Crippen LogP) is 2.25. The number of rotatable bonds is 5. The number of piperazine rings is 1. The van der Waals surface area contributed by atoms with Crippen LogP contribution in [0.3, 0.4) is 0 Å². The Hall–Kier alpha value is -1.74. The van der Waals surface area contributed by atoms with E-state index < -0.39 is 20.0 Å². The first-order chi connectivity index (χ1) is 12.7. The van der Waals surface area contributed by atoms with Gasteiger partial charge in [0.15, 0.2) is 0 Å². The lowest BCUT2D eigenvalue weighted by Gasteiger charge is -2.33. The zero-order valence-electron chi connectivity index (χ0n) is 15.5. The minimum absolute atomic E-state index is 0.141. The number of hydrogen-bond donors (Lipinski definition) is 0. The molecular formula is C19H24N2O4S2. The van der Waals surface area contributed by atoms with Crippen molar-refractivity contribution >= 4 is 20.0 Å². The van der Waals surface area contributed by atoms with Gasteiger partial charge in [0.2, 0.25) is 20.0 Å². The van der Waals surface area contributed by atoms with E-state index in [1.165, 1.54) is 8.61 Å². The van der Waals surface area contributed by atoms with E-state index in [2.05, 4.69) is 0 Å². The molecule has 8 heteroatoms. The third kappa shape index (κ3) is 4.08. The SMILES string of the molecule is CCc1ccc(S(=O)(=O)N2CCN(S(=O)(=O)c3ccc(C)cc3)CC2)cc1. The highest BCUT2D eigenvalue weighted by atomic mass is 32.2. The van der Waals surface area contributed by atoms with Crippen LogP contribution in [0.15, 0.2) is 58.3 Å². The molecule has 0 amide bonds. The van der Waals surface area contributed by atoms with E-state index in [-0.39, 0.29) is 36.0 Å². The summed E-state index contributed by atoms with van der Waals surface area (Å²) in [5.74, 6) is 0. The van der Waals surface area contributed by atoms with Crippen molar-refractivity contribution in [1.29, 1.82) is 0 Å². The Bertz CT molecular complexity index is 991. The Morgan fingerprint density at radius 2 is 1.07 bits per heavy atom. The molecule has 1 aliphatic heterocycles. The van der Waals surface area contributed by atoms with E-state index in [9.17, 15) is 16.8 Å². The molecule has 2 aromatic carbocycles. The molecule has 1 saturated heterocycles. The van der Waals surface area contributed by atoms with Gasteiger partial charge in [0.05, 0.1) is 9.79 Å². The second-order valence-electron chi connectivity index (χ2n) is 6.62. The fraction of sp³-hybridized carbons (Fsp3) is 0.368. The van der Waals surface area contributed by atoms with Crippen LogP contribution in [-0.2, 0) is 26.5 Å². The quantitative estimate of drug-likeness (QED) is 0.761. The topological polar surface area (TPSA) is 74.8 Å². The molecular weight excluding hydrogens is 384 g/mol. The van der Waals surface area contributed by atoms with Crippen molar-refractivity contribution in [2.45, 2.75) is 30.1 Å². The zero-order valence-corrected chi connectivity index (χ0v) is 17.1. The number of benzene rings is 2. The largest absolute Gasteiger partial charge is 0.243 e. The normalized spacial score (nSPS) is 17.1. The first-order valence-electron chi connectivity index (χ1n) is 8.91. The van der Waals surface area contributed by atoms with E-state index in [1.54, 1.807) is 36.4 Å². The lowest BCUT2D eigenvalue weighted by molar-refractivity contribution is 0.273. The minimum Gasteiger partial charge on any atom is -0.207 e. The maximum atomic E-state index is 12.8. The van der Waals surface area contributed by atoms with Gasteiger partial charge >= 0.3 is 0 Å². The van der Waals surface area contributed by atoms with Crippen LogP contribution in [0.4, 0.5) is 0 Å². The summed E-state index contributed by atoms with van der Waals surface area (Å²) in [5.41, 5.74) is 2.06. The van der Waals surface area contributed by atoms with Gasteiger partial charge in [-0.3, -0.25) is 0 Å². The van der Waals surface area contributed by atoms with Crippen LogP contribution in [-0.4, -0.2) is 51.6 Å². The van der Waals surface area contributed by atoms with E-state index in [0.29, 0.717) is 0 Å². The molecule has 0 spiro atoms. The van der Waals surface area contributed by atoms with Gasteiger partial charge in [-0.15, -0.1) is 0 Å². The Morgan fingerprint density at radius 1 is 0.704 bits per heavy atom. The van der Waals surface area contributed by atoms with Gasteiger partial charge in [-0.25, -0.2) is 16.8 Å². The highest BCUT2D eigenvalue weighted by molar-refractivity contribution is 7.89. The smallest absolute Gasteiger partial charge is 0.207 e. The monoisotopic (exact) mass is 408 g/mol. The van der Waals surface area contributed by atoms with E-state index in [1.807, 2.05) is 26.0 Å². The average molecular weight is 409 g/mol. The third-order valence-electron chi connectivity index (χ3n) is 4.83. The maximum Gasteiger partial charge on any atom is 0.243 e. The summed E-state index contributed by atoms with van der Waals surface area (Å²) < 4.78 is 53.8. The van der Waals surface area contributed by atoms with Crippen LogP contribution in [0.25, 0.3) is 0 Å². The standard InChI is InChI=1S/C19H24N2O4S2/c1-3-17-6-10-19(11-7-17)27(24,25)21-14-12-20(13-15-21)26(22,23)18-8-4-16(2)5-9-18/h4-11H,3,12-15H2,1-2H3. The van der Waals surface area contributed by atoms with Gasteiger partial charge in [0.25, 0.3) is 0 Å². The summed E-state index contributed by atoms with van der Waals surface area (Å²) in [4.78, 5) is 0.481. The summed E-state index contributed by atoms with van der Waals surface area (Å²) in [5, 5.41) is 0. The second-order valence-corrected chi connectivity index (χ2v) is 10.5. The predicted molar refractivity (Wildman–Crippen MR) is 105 cm³/mol. The van der Waals surface area contributed by atoms with Crippen molar-refractivity contribution in [2.24, 2.45) is 0 Å². The molecule has 0 aliphatic carbocycles. The molecule has 146 valence electrons. The highest BCUT2D eigenvalue weighted by Crippen LogP contribution is 2.22. The van der Waals surface area contributed by atoms with Gasteiger partial charge in [-0.2, -0.15) is 8.61 Å². The molecule has 0 radical (unpaired) electrons. The van der Waals surface area contributed by atoms with Gasteiger partial charge in [0, 0.05) is 26.2 Å². The molecule has 6 nitrogen and oxygen atoms in total. The Balaban J connectivity index is 1.73. The highest BCUT2D eigenvalue weighted by Gasteiger charge is 2.33. The lowest BCUT2D eigenvalue weighted by Crippen LogP contribution is -2.50. The molecule has 0 saturated carbocycles. The summed E-state index contributed by atoms with van der Waals surface area (Å²) >= 11 is 0. The molecule has 3 rings (SSSR count). The number of hydrogen-bond acceptors (Lipinski definition) is 4. The average Bonchev–Trinajstić information content (AvgIpc) is 2.68. The van der Waals surface area contributed by atoms with Gasteiger partial charge in [-0.05, 0) is 43.2 Å². The molecule has 0 N–H and O–H groups in total. The molecule has 27 heavy (non-hydrogen) atoms. The second kappa shape index (κ2) is 7.71. The van der Waals surface area contributed by atoms with Crippen molar-refractivity contribution in [3.05, 3.63) is 59.7 Å². The molecule has 2 aromatic rings. The molecule has 1 fully saturated rings. The van der Waals surface area contributed by atoms with Crippen molar-refractivity contribution < 1.29 is 16.8 Å². The summed E-state index contributed by atoms with van der Waals surface area (Å²) in [7, 11) is -7.22. The van der Waals surface area contributed by atoms with Crippen LogP contribution < -0.4 is 0 Å². The van der Waals surface area contributed by atoms with Crippen LogP contribution in [0, 0.1) is 6.92 Å². The maximum absolute atomic E-state index is 12.8. The van der Waals surface area contributed by atoms with Gasteiger partial charge in [0.1, 0.15) is 0 Å². The lowest BCUT2D eigenvalue weighted by atomic mass is 10.2. The number of sulfonamides is 2. The third-order valence-corrected chi connectivity index (χ3v) is 8.65. The van der Waals surface area contributed by atoms with Gasteiger partial charge in [-0.1, -0.05) is 36.8 Å². The fourth-order valence-electron chi connectivity index (χ4n) is 3.06. The number of aryl methyl sites for hydroxylation is 2. The Morgan fingerprint density at radius 3 is 1.44 bits per heavy atom. The Labute approximate surface area is 161 Å². The zero-order chi connectivity index (χ0) is 19.7. The van der Waals surface area contributed by atoms with E-state index in [0.717, 1.165) is 17.5 Å². The molecule has 0 bridgehead atoms. The van der Waals surface area contributed by atoms with Crippen LogP contribution in [0.5, 0.6) is 0 Å². The summed E-state index contributed by atoms with van der Waals surface area (Å²) in [6, 6.07) is 13.5. The molecule has 0 atom stereocenters. The van der Waals surface area contributed by atoms with E-state index >= 15 is 0 Å². The first-order valence-corrected chi connectivity index (χ1v) is 11.8. The van der Waals surface area contributed by atoms with Crippen molar-refractivity contribution in [2.75, 3.05) is 26.2 Å². The number of nitrogens with zero attached hydrogens (tertiary/aromatic N) is 2. The van der Waals surface area contributed by atoms with Crippen LogP contribution in [0.1, 0.15) is 18.1 Å². The summed E-state index contributed by atoms with van der Waals surface area (Å²) in [6.07, 6.45) is 0.843. The van der Waals surface area contributed by atoms with Crippen molar-refractivity contribution in [1.82, 2.24) is 8.61 Å². The van der Waals surface area contributed by atoms with E-state index in [4.69, 9.17) is 0 Å². The van der Waals surface area contributed by atoms with Crippen LogP contribution in [0.2, 0.25) is 0 Å².